The number of H-pyrrole nitrogens is 1. The van der Waals surface area contributed by atoms with E-state index in [-0.39, 0.29) is 17.8 Å². The van der Waals surface area contributed by atoms with Crippen LogP contribution in [0.3, 0.4) is 0 Å². The molecule has 0 aliphatic heterocycles. The predicted molar refractivity (Wildman–Crippen MR) is 124 cm³/mol. The molecule has 3 aromatic rings. The highest BCUT2D eigenvalue weighted by atomic mass is 32.2. The van der Waals surface area contributed by atoms with Gasteiger partial charge in [0.25, 0.3) is 0 Å². The first-order chi connectivity index (χ1) is 15.2. The van der Waals surface area contributed by atoms with Crippen molar-refractivity contribution in [1.82, 2.24) is 19.7 Å². The third-order valence-corrected chi connectivity index (χ3v) is 8.33. The normalized spacial score (nSPS) is 19.8. The van der Waals surface area contributed by atoms with Crippen molar-refractivity contribution in [2.45, 2.75) is 63.2 Å². The molecule has 2 N–H and O–H groups in total. The van der Waals surface area contributed by atoms with Gasteiger partial charge in [0, 0.05) is 24.4 Å². The summed E-state index contributed by atoms with van der Waals surface area (Å²) in [6, 6.07) is 10.8. The Kier molecular flexibility index (Phi) is 6.18. The molecule has 0 aromatic carbocycles. The number of aromatic amines is 1. The monoisotopic (exact) mass is 456 g/mol. The predicted octanol–water partition coefficient (Wildman–Crippen LogP) is 5.02. The van der Waals surface area contributed by atoms with Crippen LogP contribution >= 0.6 is 0 Å². The molecule has 0 amide bonds. The molecule has 170 valence electrons. The zero-order valence-electron chi connectivity index (χ0n) is 18.6. The van der Waals surface area contributed by atoms with Crippen molar-refractivity contribution in [3.8, 4) is 22.6 Å². The molecule has 6 nitrogen and oxygen atoms in total. The number of sulfonamides is 1. The largest absolute Gasteiger partial charge is 0.354 e. The summed E-state index contributed by atoms with van der Waals surface area (Å²) in [6.45, 7) is 5.06. The highest BCUT2D eigenvalue weighted by molar-refractivity contribution is 7.90. The molecule has 1 fully saturated rings. The first-order valence-corrected chi connectivity index (χ1v) is 12.4. The third kappa shape index (κ3) is 4.47. The van der Waals surface area contributed by atoms with Crippen molar-refractivity contribution >= 4 is 10.0 Å². The zero-order valence-corrected chi connectivity index (χ0v) is 19.4. The van der Waals surface area contributed by atoms with E-state index in [1.807, 2.05) is 24.3 Å². The lowest BCUT2D eigenvalue weighted by atomic mass is 9.84. The lowest BCUT2D eigenvalue weighted by Crippen LogP contribution is -2.45. The smallest absolute Gasteiger partial charge is 0.216 e. The standard InChI is InChI=1S/C24H29FN4O2S/c1-24(2,3)32(30,31)29-17-12-10-16(11-13-17)22-21(25)20(18-8-4-6-14-26-18)23(28-22)19-9-5-7-15-27-19/h4-9,14-17,28-29H,10-13H2,1-3H3. The number of aromatic nitrogens is 3. The first-order valence-electron chi connectivity index (χ1n) is 10.9. The van der Waals surface area contributed by atoms with Gasteiger partial charge in [-0.05, 0) is 70.7 Å². The summed E-state index contributed by atoms with van der Waals surface area (Å²) in [5.41, 5.74) is 2.80. The van der Waals surface area contributed by atoms with Gasteiger partial charge in [-0.2, -0.15) is 0 Å². The zero-order chi connectivity index (χ0) is 22.9. The van der Waals surface area contributed by atoms with Gasteiger partial charge in [0.05, 0.1) is 33.1 Å². The van der Waals surface area contributed by atoms with Gasteiger partial charge in [-0.1, -0.05) is 12.1 Å². The fraction of sp³-hybridized carbons (Fsp3) is 0.417. The Balaban J connectivity index is 1.61. The molecule has 32 heavy (non-hydrogen) atoms. The van der Waals surface area contributed by atoms with Gasteiger partial charge in [0.1, 0.15) is 0 Å². The maximum atomic E-state index is 15.8. The maximum absolute atomic E-state index is 15.8. The van der Waals surface area contributed by atoms with Crippen LogP contribution in [0.1, 0.15) is 58.1 Å². The number of halogens is 1. The Morgan fingerprint density at radius 3 is 2.09 bits per heavy atom. The molecular weight excluding hydrogens is 427 g/mol. The van der Waals surface area contributed by atoms with Gasteiger partial charge in [-0.3, -0.25) is 9.97 Å². The Morgan fingerprint density at radius 1 is 0.969 bits per heavy atom. The number of pyridine rings is 2. The molecular formula is C24H29FN4O2S. The summed E-state index contributed by atoms with van der Waals surface area (Å²) >= 11 is 0. The molecule has 8 heteroatoms. The second-order valence-electron chi connectivity index (χ2n) is 9.31. The Bertz CT molecular complexity index is 1160. The van der Waals surface area contributed by atoms with Gasteiger partial charge in [0.15, 0.2) is 5.82 Å². The van der Waals surface area contributed by atoms with E-state index in [0.717, 1.165) is 0 Å². The fourth-order valence-electron chi connectivity index (χ4n) is 4.13. The van der Waals surface area contributed by atoms with Crippen LogP contribution in [0.15, 0.2) is 48.8 Å². The summed E-state index contributed by atoms with van der Waals surface area (Å²) < 4.78 is 42.7. The van der Waals surface area contributed by atoms with Gasteiger partial charge >= 0.3 is 0 Å². The molecule has 0 saturated heterocycles. The molecule has 1 aliphatic carbocycles. The van der Waals surface area contributed by atoms with Gasteiger partial charge in [0.2, 0.25) is 10.0 Å². The number of hydrogen-bond donors (Lipinski definition) is 2. The second kappa shape index (κ2) is 8.75. The molecule has 4 rings (SSSR count). The second-order valence-corrected chi connectivity index (χ2v) is 11.8. The average molecular weight is 457 g/mol. The minimum atomic E-state index is -3.41. The molecule has 1 saturated carbocycles. The molecule has 0 unspecified atom stereocenters. The minimum Gasteiger partial charge on any atom is -0.354 e. The number of nitrogens with zero attached hydrogens (tertiary/aromatic N) is 2. The van der Waals surface area contributed by atoms with Crippen LogP contribution in [-0.2, 0) is 10.0 Å². The van der Waals surface area contributed by atoms with Crippen LogP contribution in [-0.4, -0.2) is 34.2 Å². The van der Waals surface area contributed by atoms with Gasteiger partial charge in [-0.25, -0.2) is 17.5 Å². The van der Waals surface area contributed by atoms with Crippen molar-refractivity contribution in [3.63, 3.8) is 0 Å². The van der Waals surface area contributed by atoms with Crippen LogP contribution in [0, 0.1) is 5.82 Å². The number of rotatable bonds is 5. The van der Waals surface area contributed by atoms with Crippen LogP contribution < -0.4 is 4.72 Å². The van der Waals surface area contributed by atoms with E-state index in [1.54, 1.807) is 45.3 Å². The van der Waals surface area contributed by atoms with Gasteiger partial charge < -0.3 is 4.98 Å². The van der Waals surface area contributed by atoms with Crippen molar-refractivity contribution in [1.29, 1.82) is 0 Å². The fourth-order valence-corrected chi connectivity index (χ4v) is 5.16. The Hall–Kier alpha value is -2.58. The molecule has 0 radical (unpaired) electrons. The molecule has 3 aromatic heterocycles. The Labute approximate surface area is 188 Å². The topological polar surface area (TPSA) is 87.7 Å². The molecule has 3 heterocycles. The van der Waals surface area contributed by atoms with Crippen molar-refractivity contribution in [3.05, 3.63) is 60.3 Å². The van der Waals surface area contributed by atoms with Crippen LogP contribution in [0.2, 0.25) is 0 Å². The number of hydrogen-bond acceptors (Lipinski definition) is 4. The van der Waals surface area contributed by atoms with Gasteiger partial charge in [-0.15, -0.1) is 0 Å². The molecule has 1 aliphatic rings. The Morgan fingerprint density at radius 2 is 1.56 bits per heavy atom. The minimum absolute atomic E-state index is 0.0229. The SMILES string of the molecule is CC(C)(C)S(=O)(=O)NC1CCC(c2[nH]c(-c3ccccn3)c(-c3ccccn3)c2F)CC1. The first kappa shape index (κ1) is 22.6. The average Bonchev–Trinajstić information content (AvgIpc) is 3.11. The van der Waals surface area contributed by atoms with Crippen LogP contribution in [0.4, 0.5) is 4.39 Å². The summed E-state index contributed by atoms with van der Waals surface area (Å²) in [4.78, 5) is 12.1. The highest BCUT2D eigenvalue weighted by Gasteiger charge is 2.34. The highest BCUT2D eigenvalue weighted by Crippen LogP contribution is 2.41. The van der Waals surface area contributed by atoms with Crippen LogP contribution in [0.5, 0.6) is 0 Å². The van der Waals surface area contributed by atoms with Crippen molar-refractivity contribution in [2.75, 3.05) is 0 Å². The van der Waals surface area contributed by atoms with Crippen molar-refractivity contribution in [2.24, 2.45) is 0 Å². The lowest BCUT2D eigenvalue weighted by Gasteiger charge is -2.31. The van der Waals surface area contributed by atoms with E-state index in [0.29, 0.717) is 54.0 Å². The molecule has 0 bridgehead atoms. The number of nitrogens with one attached hydrogen (secondary N) is 2. The summed E-state index contributed by atoms with van der Waals surface area (Å²) in [7, 11) is -3.41. The maximum Gasteiger partial charge on any atom is 0.216 e. The van der Waals surface area contributed by atoms with E-state index in [4.69, 9.17) is 0 Å². The molecule has 0 spiro atoms. The summed E-state index contributed by atoms with van der Waals surface area (Å²) in [5, 5.41) is 0. The summed E-state index contributed by atoms with van der Waals surface area (Å²) in [6.07, 6.45) is 6.04. The quantitative estimate of drug-likeness (QED) is 0.564. The summed E-state index contributed by atoms with van der Waals surface area (Å²) in [5.74, 6) is -0.326. The van der Waals surface area contributed by atoms with E-state index < -0.39 is 14.8 Å². The van der Waals surface area contributed by atoms with E-state index >= 15 is 4.39 Å². The van der Waals surface area contributed by atoms with Crippen LogP contribution in [0.25, 0.3) is 22.6 Å². The third-order valence-electron chi connectivity index (χ3n) is 6.07. The lowest BCUT2D eigenvalue weighted by molar-refractivity contribution is 0.361. The van der Waals surface area contributed by atoms with E-state index in [2.05, 4.69) is 19.7 Å². The van der Waals surface area contributed by atoms with E-state index in [9.17, 15) is 8.42 Å². The molecule has 0 atom stereocenters. The van der Waals surface area contributed by atoms with E-state index in [1.165, 1.54) is 0 Å². The van der Waals surface area contributed by atoms with Crippen molar-refractivity contribution < 1.29 is 12.8 Å².